The summed E-state index contributed by atoms with van der Waals surface area (Å²) < 4.78 is 1.94. The van der Waals surface area contributed by atoms with Crippen LogP contribution in [0.3, 0.4) is 0 Å². The molecule has 196 valence electrons. The molecular weight excluding hydrogens is 516 g/mol. The van der Waals surface area contributed by atoms with Gasteiger partial charge in [0.2, 0.25) is 0 Å². The smallest absolute Gasteiger partial charge is 0.179 e. The highest BCUT2D eigenvalue weighted by atomic mass is 35.5. The third-order valence-corrected chi connectivity index (χ3v) is 7.70. The number of nitrogens with zero attached hydrogens (tertiary/aromatic N) is 5. The number of rotatable bonds is 3. The maximum absolute atomic E-state index is 6.34. The summed E-state index contributed by atoms with van der Waals surface area (Å²) >= 11 is 6.34. The molecule has 7 heteroatoms. The molecule has 1 atom stereocenters. The van der Waals surface area contributed by atoms with Gasteiger partial charge in [0.1, 0.15) is 0 Å². The second-order valence-electron chi connectivity index (χ2n) is 10.2. The van der Waals surface area contributed by atoms with Gasteiger partial charge in [0.05, 0.1) is 34.5 Å². The van der Waals surface area contributed by atoms with Gasteiger partial charge >= 0.3 is 0 Å². The van der Waals surface area contributed by atoms with Crippen LogP contribution in [0.4, 0.5) is 22.9 Å². The van der Waals surface area contributed by atoms with Crippen LogP contribution in [0, 0.1) is 20.8 Å². The number of amidine groups is 2. The van der Waals surface area contributed by atoms with Crippen molar-refractivity contribution in [3.05, 3.63) is 130 Å². The average Bonchev–Trinajstić information content (AvgIpc) is 3.30. The third-order valence-electron chi connectivity index (χ3n) is 7.45. The Balaban J connectivity index is 1.53. The number of halogens is 1. The lowest BCUT2D eigenvalue weighted by molar-refractivity contribution is 0.816. The normalized spacial score (nSPS) is 16.6. The third kappa shape index (κ3) is 4.00. The van der Waals surface area contributed by atoms with Crippen LogP contribution in [0.25, 0.3) is 5.69 Å². The summed E-state index contributed by atoms with van der Waals surface area (Å²) in [6, 6.07) is 32.6. The van der Waals surface area contributed by atoms with Crippen LogP contribution in [0.15, 0.2) is 107 Å². The zero-order valence-corrected chi connectivity index (χ0v) is 23.2. The number of hydrogen-bond donors (Lipinski definition) is 1. The molecule has 6 nitrogen and oxygen atoms in total. The van der Waals surface area contributed by atoms with E-state index >= 15 is 0 Å². The Bertz CT molecular complexity index is 1820. The Morgan fingerprint density at radius 3 is 2.38 bits per heavy atom. The molecule has 3 heterocycles. The number of anilines is 2. The van der Waals surface area contributed by atoms with E-state index in [1.165, 1.54) is 5.56 Å². The van der Waals surface area contributed by atoms with Crippen LogP contribution in [-0.4, -0.2) is 21.5 Å². The van der Waals surface area contributed by atoms with E-state index in [4.69, 9.17) is 26.7 Å². The molecule has 2 aliphatic heterocycles. The Morgan fingerprint density at radius 2 is 1.60 bits per heavy atom. The van der Waals surface area contributed by atoms with Crippen molar-refractivity contribution in [3.63, 3.8) is 0 Å². The fraction of sp³-hybridized carbons (Fsp3) is 0.121. The Kier molecular flexibility index (Phi) is 5.79. The molecule has 0 fully saturated rings. The highest BCUT2D eigenvalue weighted by Gasteiger charge is 2.41. The summed E-state index contributed by atoms with van der Waals surface area (Å²) in [5.41, 5.74) is 9.23. The number of aryl methyl sites for hydroxylation is 3. The van der Waals surface area contributed by atoms with Crippen LogP contribution in [-0.2, 0) is 0 Å². The molecule has 0 radical (unpaired) electrons. The van der Waals surface area contributed by atoms with Crippen LogP contribution in [0.1, 0.15) is 34.0 Å². The monoisotopic (exact) mass is 542 g/mol. The van der Waals surface area contributed by atoms with Crippen molar-refractivity contribution in [2.24, 2.45) is 9.98 Å². The number of fused-ring (bicyclic) bond motifs is 4. The molecule has 0 amide bonds. The second-order valence-corrected chi connectivity index (χ2v) is 10.7. The fourth-order valence-corrected chi connectivity index (χ4v) is 5.72. The predicted octanol–water partition coefficient (Wildman–Crippen LogP) is 8.25. The summed E-state index contributed by atoms with van der Waals surface area (Å²) in [7, 11) is 0. The van der Waals surface area contributed by atoms with E-state index in [1.807, 2.05) is 41.1 Å². The van der Waals surface area contributed by atoms with Crippen molar-refractivity contribution in [2.45, 2.75) is 26.8 Å². The number of para-hydroxylation sites is 3. The number of nitrogens with one attached hydrogen (secondary N) is 1. The zero-order valence-electron chi connectivity index (χ0n) is 22.4. The van der Waals surface area contributed by atoms with Crippen molar-refractivity contribution >= 4 is 46.2 Å². The van der Waals surface area contributed by atoms with Gasteiger partial charge in [-0.2, -0.15) is 5.10 Å². The van der Waals surface area contributed by atoms with E-state index in [1.54, 1.807) is 0 Å². The molecule has 1 aromatic heterocycles. The first-order valence-electron chi connectivity index (χ1n) is 13.3. The first kappa shape index (κ1) is 24.4. The van der Waals surface area contributed by atoms with E-state index in [2.05, 4.69) is 91.7 Å². The van der Waals surface area contributed by atoms with Gasteiger partial charge in [0, 0.05) is 10.6 Å². The lowest BCUT2D eigenvalue weighted by atomic mass is 9.93. The summed E-state index contributed by atoms with van der Waals surface area (Å²) in [5, 5.41) is 9.29. The van der Waals surface area contributed by atoms with Crippen LogP contribution < -0.4 is 10.2 Å². The molecule has 0 aliphatic carbocycles. The quantitative estimate of drug-likeness (QED) is 0.250. The molecular formula is C33H27ClN6. The van der Waals surface area contributed by atoms with E-state index in [-0.39, 0.29) is 6.04 Å². The van der Waals surface area contributed by atoms with Crippen molar-refractivity contribution < 1.29 is 0 Å². The lowest BCUT2D eigenvalue weighted by Crippen LogP contribution is -2.48. The van der Waals surface area contributed by atoms with E-state index < -0.39 is 0 Å². The summed E-state index contributed by atoms with van der Waals surface area (Å²) in [6.07, 6.45) is 0. The highest BCUT2D eigenvalue weighted by molar-refractivity contribution is 6.52. The molecule has 2 aliphatic rings. The number of aromatic nitrogens is 2. The SMILES string of the molecule is Cc1ccc(N=C2Nc3ccccc3N3C2=Nc2c(c(C)nn2-c2ccccc2)[C@H]3c2ccc(Cl)cc2)c(C)c1. The van der Waals surface area contributed by atoms with Gasteiger partial charge in [-0.15, -0.1) is 0 Å². The van der Waals surface area contributed by atoms with Crippen LogP contribution in [0.2, 0.25) is 5.02 Å². The lowest BCUT2D eigenvalue weighted by Gasteiger charge is -2.42. The summed E-state index contributed by atoms with van der Waals surface area (Å²) in [4.78, 5) is 12.7. The first-order chi connectivity index (χ1) is 19.5. The number of hydrogen-bond acceptors (Lipinski definition) is 4. The molecule has 40 heavy (non-hydrogen) atoms. The molecule has 0 saturated carbocycles. The van der Waals surface area contributed by atoms with Gasteiger partial charge in [-0.3, -0.25) is 0 Å². The predicted molar refractivity (Wildman–Crippen MR) is 164 cm³/mol. The van der Waals surface area contributed by atoms with Crippen molar-refractivity contribution in [1.82, 2.24) is 9.78 Å². The number of aliphatic imine (C=N–C) groups is 2. The molecule has 0 unspecified atom stereocenters. The summed E-state index contributed by atoms with van der Waals surface area (Å²) in [6.45, 7) is 6.24. The Labute approximate surface area is 238 Å². The zero-order chi connectivity index (χ0) is 27.4. The van der Waals surface area contributed by atoms with Crippen molar-refractivity contribution in [3.8, 4) is 5.69 Å². The Morgan fingerprint density at radius 1 is 0.850 bits per heavy atom. The van der Waals surface area contributed by atoms with Crippen molar-refractivity contribution in [2.75, 3.05) is 10.2 Å². The van der Waals surface area contributed by atoms with Gasteiger partial charge in [-0.25, -0.2) is 14.7 Å². The maximum Gasteiger partial charge on any atom is 0.179 e. The first-order valence-corrected chi connectivity index (χ1v) is 13.7. The average molecular weight is 543 g/mol. The second kappa shape index (κ2) is 9.50. The molecule has 1 N–H and O–H groups in total. The van der Waals surface area contributed by atoms with Gasteiger partial charge < -0.3 is 10.2 Å². The van der Waals surface area contributed by atoms with Crippen LogP contribution >= 0.6 is 11.6 Å². The molecule has 0 bridgehead atoms. The molecule has 0 saturated heterocycles. The molecule has 4 aromatic carbocycles. The largest absolute Gasteiger partial charge is 0.335 e. The topological polar surface area (TPSA) is 57.8 Å². The van der Waals surface area contributed by atoms with E-state index in [0.717, 1.165) is 56.8 Å². The van der Waals surface area contributed by atoms with E-state index in [0.29, 0.717) is 10.9 Å². The minimum absolute atomic E-state index is 0.190. The van der Waals surface area contributed by atoms with Gasteiger partial charge in [-0.1, -0.05) is 71.8 Å². The fourth-order valence-electron chi connectivity index (χ4n) is 5.59. The minimum atomic E-state index is -0.190. The minimum Gasteiger partial charge on any atom is -0.335 e. The summed E-state index contributed by atoms with van der Waals surface area (Å²) in [5.74, 6) is 2.22. The van der Waals surface area contributed by atoms with E-state index in [9.17, 15) is 0 Å². The molecule has 0 spiro atoms. The standard InChI is InChI=1S/C33H27ClN6/c1-20-13-18-26(21(2)19-20)35-31-33-37-32-29(22(3)38-40(32)25-9-5-4-6-10-25)30(23-14-16-24(34)17-15-23)39(33)28-12-8-7-11-27(28)36-31/h4-19,30H,1-3H3,(H,35,36)/t30-/m1/s1. The van der Waals surface area contributed by atoms with Crippen LogP contribution in [0.5, 0.6) is 0 Å². The van der Waals surface area contributed by atoms with Gasteiger partial charge in [0.15, 0.2) is 17.5 Å². The van der Waals surface area contributed by atoms with Gasteiger partial charge in [-0.05, 0) is 74.4 Å². The molecule has 5 aromatic rings. The number of benzene rings is 4. The molecule has 7 rings (SSSR count). The highest BCUT2D eigenvalue weighted by Crippen LogP contribution is 2.47. The van der Waals surface area contributed by atoms with Gasteiger partial charge in [0.25, 0.3) is 0 Å². The van der Waals surface area contributed by atoms with Crippen molar-refractivity contribution in [1.29, 1.82) is 0 Å². The maximum atomic E-state index is 6.34. The Hall–Kier alpha value is -4.68.